The first-order valence-electron chi connectivity index (χ1n) is 7.93. The van der Waals surface area contributed by atoms with E-state index in [9.17, 15) is 9.59 Å². The predicted octanol–water partition coefficient (Wildman–Crippen LogP) is 2.44. The highest BCUT2D eigenvalue weighted by atomic mass is 16.5. The minimum atomic E-state index is -0.703. The molecule has 0 spiro atoms. The summed E-state index contributed by atoms with van der Waals surface area (Å²) in [5, 5.41) is 2.53. The molecule has 0 unspecified atom stereocenters. The van der Waals surface area contributed by atoms with Gasteiger partial charge < -0.3 is 15.8 Å². The third-order valence-corrected chi connectivity index (χ3v) is 4.33. The lowest BCUT2D eigenvalue weighted by Crippen LogP contribution is -2.41. The first-order chi connectivity index (χ1) is 11.6. The first-order valence-corrected chi connectivity index (χ1v) is 7.93. The number of rotatable bonds is 5. The maximum Gasteiger partial charge on any atom is 0.407 e. The summed E-state index contributed by atoms with van der Waals surface area (Å²) >= 11 is 0. The second-order valence-electron chi connectivity index (χ2n) is 5.92. The van der Waals surface area contributed by atoms with Crippen molar-refractivity contribution in [1.29, 1.82) is 0 Å². The zero-order valence-corrected chi connectivity index (χ0v) is 13.5. The highest BCUT2D eigenvalue weighted by molar-refractivity contribution is 5.82. The predicted molar refractivity (Wildman–Crippen MR) is 91.7 cm³/mol. The second-order valence-corrected chi connectivity index (χ2v) is 5.92. The lowest BCUT2D eigenvalue weighted by molar-refractivity contribution is -0.118. The largest absolute Gasteiger partial charge is 0.449 e. The Kier molecular flexibility index (Phi) is 4.62. The Balaban J connectivity index is 1.67. The van der Waals surface area contributed by atoms with Gasteiger partial charge >= 0.3 is 6.09 Å². The molecule has 0 bridgehead atoms. The monoisotopic (exact) mass is 324 g/mol. The van der Waals surface area contributed by atoms with E-state index < -0.39 is 12.1 Å². The van der Waals surface area contributed by atoms with Gasteiger partial charge in [-0.25, -0.2) is 4.79 Å². The molecule has 0 aromatic heterocycles. The van der Waals surface area contributed by atoms with Crippen LogP contribution in [0.5, 0.6) is 0 Å². The zero-order chi connectivity index (χ0) is 17.1. The molecule has 1 aliphatic carbocycles. The van der Waals surface area contributed by atoms with Crippen LogP contribution in [0.4, 0.5) is 4.79 Å². The molecule has 1 amide bonds. The number of amides is 1. The number of carbonyl (C=O) groups excluding carboxylic acids is 2. The molecular weight excluding hydrogens is 304 g/mol. The van der Waals surface area contributed by atoms with Crippen molar-refractivity contribution in [2.45, 2.75) is 18.9 Å². The van der Waals surface area contributed by atoms with Crippen molar-refractivity contribution in [2.24, 2.45) is 5.73 Å². The summed E-state index contributed by atoms with van der Waals surface area (Å²) < 4.78 is 5.35. The van der Waals surface area contributed by atoms with Crippen LogP contribution in [0.1, 0.15) is 24.0 Å². The van der Waals surface area contributed by atoms with Gasteiger partial charge in [-0.2, -0.15) is 0 Å². The Morgan fingerprint density at radius 2 is 1.62 bits per heavy atom. The summed E-state index contributed by atoms with van der Waals surface area (Å²) in [6.07, 6.45) is -0.562. The molecule has 0 saturated carbocycles. The fourth-order valence-electron chi connectivity index (χ4n) is 2.99. The normalized spacial score (nSPS) is 13.8. The molecule has 2 aromatic rings. The number of nitrogens with one attached hydrogen (secondary N) is 1. The van der Waals surface area contributed by atoms with E-state index in [0.717, 1.165) is 11.1 Å². The van der Waals surface area contributed by atoms with E-state index in [1.54, 1.807) is 0 Å². The summed E-state index contributed by atoms with van der Waals surface area (Å²) in [4.78, 5) is 22.9. The maximum absolute atomic E-state index is 11.9. The second kappa shape index (κ2) is 6.84. The summed E-state index contributed by atoms with van der Waals surface area (Å²) in [5.74, 6) is -0.154. The van der Waals surface area contributed by atoms with Gasteiger partial charge in [0, 0.05) is 12.5 Å². The fourth-order valence-corrected chi connectivity index (χ4v) is 2.99. The molecule has 24 heavy (non-hydrogen) atoms. The van der Waals surface area contributed by atoms with E-state index in [2.05, 4.69) is 29.6 Å². The molecule has 3 N–H and O–H groups in total. The Morgan fingerprint density at radius 3 is 2.17 bits per heavy atom. The Morgan fingerprint density at radius 1 is 1.08 bits per heavy atom. The Labute approximate surface area is 140 Å². The number of benzene rings is 2. The van der Waals surface area contributed by atoms with E-state index in [0.29, 0.717) is 0 Å². The minimum absolute atomic E-state index is 0.0182. The summed E-state index contributed by atoms with van der Waals surface area (Å²) in [6.45, 7) is 1.71. The molecule has 5 nitrogen and oxygen atoms in total. The molecule has 0 aliphatic heterocycles. The highest BCUT2D eigenvalue weighted by Crippen LogP contribution is 2.44. The molecule has 1 atom stereocenters. The smallest absolute Gasteiger partial charge is 0.407 e. The number of Topliss-reactive ketones (excluding diaryl/α,β-unsaturated/α-hetero) is 1. The van der Waals surface area contributed by atoms with Crippen LogP contribution in [-0.4, -0.2) is 31.1 Å². The van der Waals surface area contributed by atoms with Crippen LogP contribution in [0.3, 0.4) is 0 Å². The fraction of sp³-hybridized carbons (Fsp3) is 0.263. The van der Waals surface area contributed by atoms with Gasteiger partial charge in [-0.1, -0.05) is 48.5 Å². The number of fused-ring (bicyclic) bond motifs is 3. The van der Waals surface area contributed by atoms with E-state index in [-0.39, 0.29) is 24.9 Å². The van der Waals surface area contributed by atoms with Gasteiger partial charge in [-0.05, 0) is 29.2 Å². The van der Waals surface area contributed by atoms with Crippen molar-refractivity contribution in [3.05, 3.63) is 59.7 Å². The molecule has 3 rings (SSSR count). The molecule has 0 radical (unpaired) electrons. The first kappa shape index (κ1) is 16.2. The van der Waals surface area contributed by atoms with Gasteiger partial charge in [-0.15, -0.1) is 0 Å². The molecule has 5 heteroatoms. The SMILES string of the molecule is CC(=O)[C@@H](N)CNC(=O)OCC1c2ccccc2-c2ccccc21. The van der Waals surface area contributed by atoms with Gasteiger partial charge in [0.15, 0.2) is 0 Å². The number of alkyl carbamates (subject to hydrolysis) is 1. The van der Waals surface area contributed by atoms with Crippen LogP contribution in [0, 0.1) is 0 Å². The number of nitrogens with two attached hydrogens (primary N) is 1. The third-order valence-electron chi connectivity index (χ3n) is 4.33. The van der Waals surface area contributed by atoms with Gasteiger partial charge in [0.2, 0.25) is 0 Å². The van der Waals surface area contributed by atoms with Crippen molar-refractivity contribution >= 4 is 11.9 Å². The van der Waals surface area contributed by atoms with Gasteiger partial charge in [0.1, 0.15) is 12.4 Å². The third kappa shape index (κ3) is 3.16. The van der Waals surface area contributed by atoms with E-state index in [1.807, 2.05) is 24.3 Å². The number of ketones is 1. The molecule has 2 aromatic carbocycles. The number of hydrogen-bond donors (Lipinski definition) is 2. The number of carbonyl (C=O) groups is 2. The molecule has 0 heterocycles. The molecular formula is C19H20N2O3. The van der Waals surface area contributed by atoms with E-state index >= 15 is 0 Å². The molecule has 0 saturated heterocycles. The topological polar surface area (TPSA) is 81.4 Å². The van der Waals surface area contributed by atoms with Crippen LogP contribution in [0.25, 0.3) is 11.1 Å². The number of hydrogen-bond acceptors (Lipinski definition) is 4. The summed E-state index contributed by atoms with van der Waals surface area (Å²) in [7, 11) is 0. The Bertz CT molecular complexity index is 727. The van der Waals surface area contributed by atoms with E-state index in [4.69, 9.17) is 10.5 Å². The molecule has 0 fully saturated rings. The zero-order valence-electron chi connectivity index (χ0n) is 13.5. The van der Waals surface area contributed by atoms with Crippen molar-refractivity contribution < 1.29 is 14.3 Å². The standard InChI is InChI=1S/C19H20N2O3/c1-12(22)18(20)10-21-19(23)24-11-17-15-8-4-2-6-13(15)14-7-3-5-9-16(14)17/h2-9,17-18H,10-11,20H2,1H3,(H,21,23)/t18-/m0/s1. The van der Waals surface area contributed by atoms with Crippen LogP contribution in [0.15, 0.2) is 48.5 Å². The van der Waals surface area contributed by atoms with Crippen LogP contribution < -0.4 is 11.1 Å². The minimum Gasteiger partial charge on any atom is -0.449 e. The van der Waals surface area contributed by atoms with E-state index in [1.165, 1.54) is 18.1 Å². The molecule has 1 aliphatic rings. The van der Waals surface area contributed by atoms with Crippen molar-refractivity contribution in [3.8, 4) is 11.1 Å². The van der Waals surface area contributed by atoms with Gasteiger partial charge in [0.05, 0.1) is 6.04 Å². The molecule has 124 valence electrons. The van der Waals surface area contributed by atoms with Crippen LogP contribution >= 0.6 is 0 Å². The lowest BCUT2D eigenvalue weighted by Gasteiger charge is -2.15. The van der Waals surface area contributed by atoms with Crippen molar-refractivity contribution in [2.75, 3.05) is 13.2 Å². The Hall–Kier alpha value is -2.66. The van der Waals surface area contributed by atoms with Crippen molar-refractivity contribution in [1.82, 2.24) is 5.32 Å². The van der Waals surface area contributed by atoms with Crippen molar-refractivity contribution in [3.63, 3.8) is 0 Å². The van der Waals surface area contributed by atoms with Crippen LogP contribution in [0.2, 0.25) is 0 Å². The number of ether oxygens (including phenoxy) is 1. The lowest BCUT2D eigenvalue weighted by atomic mass is 9.98. The van der Waals surface area contributed by atoms with Gasteiger partial charge in [0.25, 0.3) is 0 Å². The summed E-state index contributed by atoms with van der Waals surface area (Å²) in [5.41, 5.74) is 10.3. The quantitative estimate of drug-likeness (QED) is 0.885. The maximum atomic E-state index is 11.9. The van der Waals surface area contributed by atoms with Crippen LogP contribution in [-0.2, 0) is 9.53 Å². The average Bonchev–Trinajstić information content (AvgIpc) is 2.92. The average molecular weight is 324 g/mol. The highest BCUT2D eigenvalue weighted by Gasteiger charge is 2.28. The van der Waals surface area contributed by atoms with Gasteiger partial charge in [-0.3, -0.25) is 4.79 Å². The summed E-state index contributed by atoms with van der Waals surface area (Å²) in [6, 6.07) is 15.6.